The number of carbonyl (C=O) groups excluding carboxylic acids is 1. The van der Waals surface area contributed by atoms with Crippen molar-refractivity contribution >= 4 is 11.6 Å². The first kappa shape index (κ1) is 18.1. The van der Waals surface area contributed by atoms with E-state index in [2.05, 4.69) is 10.4 Å². The summed E-state index contributed by atoms with van der Waals surface area (Å²) in [5.74, 6) is -0.479. The standard InChI is InChI=1S/C19H16FN3O4/c1-26-15-8-6-13(7-9-15)21-19(25)18-16(24)11-17(27-2)23(22-18)14-5-3-4-12(20)10-14/h3-11H,1-2H3,(H,21,25). The van der Waals surface area contributed by atoms with Crippen LogP contribution in [0.5, 0.6) is 11.6 Å². The van der Waals surface area contributed by atoms with Gasteiger partial charge in [0.25, 0.3) is 5.91 Å². The van der Waals surface area contributed by atoms with E-state index in [-0.39, 0.29) is 11.6 Å². The third-order valence-corrected chi connectivity index (χ3v) is 3.72. The van der Waals surface area contributed by atoms with Gasteiger partial charge in [-0.1, -0.05) is 6.07 Å². The van der Waals surface area contributed by atoms with Crippen molar-refractivity contribution in [2.75, 3.05) is 19.5 Å². The van der Waals surface area contributed by atoms with Gasteiger partial charge in [-0.15, -0.1) is 0 Å². The molecular formula is C19H16FN3O4. The lowest BCUT2D eigenvalue weighted by atomic mass is 10.2. The van der Waals surface area contributed by atoms with Gasteiger partial charge in [-0.25, -0.2) is 9.07 Å². The Kier molecular flexibility index (Phi) is 5.16. The van der Waals surface area contributed by atoms with Crippen molar-refractivity contribution in [3.63, 3.8) is 0 Å². The summed E-state index contributed by atoms with van der Waals surface area (Å²) in [5, 5.41) is 6.65. The number of carbonyl (C=O) groups is 1. The number of aromatic nitrogens is 2. The number of benzene rings is 2. The number of methoxy groups -OCH3 is 2. The van der Waals surface area contributed by atoms with E-state index < -0.39 is 17.2 Å². The molecule has 27 heavy (non-hydrogen) atoms. The first-order valence-corrected chi connectivity index (χ1v) is 7.91. The molecule has 0 aliphatic rings. The molecule has 0 radical (unpaired) electrons. The fourth-order valence-corrected chi connectivity index (χ4v) is 2.40. The van der Waals surface area contributed by atoms with E-state index in [1.54, 1.807) is 30.3 Å². The molecule has 7 nitrogen and oxygen atoms in total. The van der Waals surface area contributed by atoms with Crippen LogP contribution in [0.15, 0.2) is 59.4 Å². The van der Waals surface area contributed by atoms with Crippen molar-refractivity contribution in [2.24, 2.45) is 0 Å². The van der Waals surface area contributed by atoms with Crippen LogP contribution in [0.25, 0.3) is 5.69 Å². The number of nitrogens with zero attached hydrogens (tertiary/aromatic N) is 2. The van der Waals surface area contributed by atoms with Crippen LogP contribution < -0.4 is 20.2 Å². The van der Waals surface area contributed by atoms with Gasteiger partial charge in [0.15, 0.2) is 5.69 Å². The predicted octanol–water partition coefficient (Wildman–Crippen LogP) is 2.64. The van der Waals surface area contributed by atoms with Crippen LogP contribution in [-0.2, 0) is 0 Å². The Morgan fingerprint density at radius 1 is 1.07 bits per heavy atom. The molecule has 0 unspecified atom stereocenters. The van der Waals surface area contributed by atoms with Gasteiger partial charge in [-0.05, 0) is 42.5 Å². The molecule has 0 aliphatic carbocycles. The summed E-state index contributed by atoms with van der Waals surface area (Å²) >= 11 is 0. The van der Waals surface area contributed by atoms with E-state index in [0.717, 1.165) is 6.07 Å². The van der Waals surface area contributed by atoms with E-state index in [0.29, 0.717) is 17.1 Å². The minimum absolute atomic E-state index is 0.0756. The highest BCUT2D eigenvalue weighted by Gasteiger charge is 2.17. The number of rotatable bonds is 5. The second-order valence-corrected chi connectivity index (χ2v) is 5.47. The van der Waals surface area contributed by atoms with Crippen LogP contribution in [0.2, 0.25) is 0 Å². The first-order valence-electron chi connectivity index (χ1n) is 7.91. The molecule has 0 atom stereocenters. The zero-order valence-corrected chi connectivity index (χ0v) is 14.6. The largest absolute Gasteiger partial charge is 0.497 e. The molecule has 0 spiro atoms. The quantitative estimate of drug-likeness (QED) is 0.748. The Morgan fingerprint density at radius 3 is 2.44 bits per heavy atom. The summed E-state index contributed by atoms with van der Waals surface area (Å²) in [6.45, 7) is 0. The molecule has 0 aliphatic heterocycles. The SMILES string of the molecule is COc1ccc(NC(=O)c2nn(-c3cccc(F)c3)c(OC)cc2=O)cc1. The number of anilines is 1. The molecule has 0 bridgehead atoms. The van der Waals surface area contributed by atoms with Crippen LogP contribution >= 0.6 is 0 Å². The van der Waals surface area contributed by atoms with E-state index in [4.69, 9.17) is 9.47 Å². The third kappa shape index (κ3) is 3.95. The average molecular weight is 369 g/mol. The predicted molar refractivity (Wildman–Crippen MR) is 97.3 cm³/mol. The zero-order chi connectivity index (χ0) is 19.4. The maximum absolute atomic E-state index is 13.5. The summed E-state index contributed by atoms with van der Waals surface area (Å²) in [6.07, 6.45) is 0. The van der Waals surface area contributed by atoms with Crippen molar-refractivity contribution in [1.82, 2.24) is 9.78 Å². The second-order valence-electron chi connectivity index (χ2n) is 5.47. The lowest BCUT2D eigenvalue weighted by Gasteiger charge is -2.12. The molecule has 3 aromatic rings. The molecule has 138 valence electrons. The Morgan fingerprint density at radius 2 is 1.81 bits per heavy atom. The van der Waals surface area contributed by atoms with Gasteiger partial charge in [0, 0.05) is 5.69 Å². The Hall–Kier alpha value is -3.68. The first-order chi connectivity index (χ1) is 13.0. The molecule has 8 heteroatoms. The van der Waals surface area contributed by atoms with Gasteiger partial charge in [-0.3, -0.25) is 9.59 Å². The van der Waals surface area contributed by atoms with Gasteiger partial charge in [0.2, 0.25) is 11.3 Å². The van der Waals surface area contributed by atoms with Crippen molar-refractivity contribution in [1.29, 1.82) is 0 Å². The summed E-state index contributed by atoms with van der Waals surface area (Å²) in [5.41, 5.74) is -0.193. The van der Waals surface area contributed by atoms with Crippen LogP contribution in [-0.4, -0.2) is 29.9 Å². The van der Waals surface area contributed by atoms with E-state index in [1.165, 1.54) is 37.1 Å². The number of hydrogen-bond donors (Lipinski definition) is 1. The van der Waals surface area contributed by atoms with Gasteiger partial charge in [0.1, 0.15) is 11.6 Å². The number of halogens is 1. The Balaban J connectivity index is 1.98. The molecular weight excluding hydrogens is 353 g/mol. The number of amides is 1. The number of nitrogens with one attached hydrogen (secondary N) is 1. The molecule has 2 aromatic carbocycles. The maximum Gasteiger partial charge on any atom is 0.280 e. The fraction of sp³-hybridized carbons (Fsp3) is 0.105. The molecule has 0 saturated carbocycles. The van der Waals surface area contributed by atoms with Crippen molar-refractivity contribution in [3.05, 3.63) is 76.3 Å². The monoisotopic (exact) mass is 369 g/mol. The molecule has 1 N–H and O–H groups in total. The van der Waals surface area contributed by atoms with Crippen molar-refractivity contribution < 1.29 is 18.7 Å². The third-order valence-electron chi connectivity index (χ3n) is 3.72. The lowest BCUT2D eigenvalue weighted by Crippen LogP contribution is -2.26. The molecule has 1 aromatic heterocycles. The van der Waals surface area contributed by atoms with Crippen molar-refractivity contribution in [3.8, 4) is 17.3 Å². The van der Waals surface area contributed by atoms with E-state index in [9.17, 15) is 14.0 Å². The van der Waals surface area contributed by atoms with Gasteiger partial charge in [0.05, 0.1) is 26.0 Å². The summed E-state index contributed by atoms with van der Waals surface area (Å²) < 4.78 is 24.9. The minimum atomic E-state index is -0.696. The van der Waals surface area contributed by atoms with Gasteiger partial charge in [-0.2, -0.15) is 5.10 Å². The normalized spacial score (nSPS) is 10.3. The lowest BCUT2D eigenvalue weighted by molar-refractivity contribution is 0.101. The Labute approximate surface area is 154 Å². The summed E-state index contributed by atoms with van der Waals surface area (Å²) in [4.78, 5) is 24.8. The van der Waals surface area contributed by atoms with Crippen LogP contribution in [0.4, 0.5) is 10.1 Å². The number of ether oxygens (including phenoxy) is 2. The minimum Gasteiger partial charge on any atom is -0.497 e. The van der Waals surface area contributed by atoms with E-state index >= 15 is 0 Å². The summed E-state index contributed by atoms with van der Waals surface area (Å²) in [7, 11) is 2.88. The van der Waals surface area contributed by atoms with Gasteiger partial charge >= 0.3 is 0 Å². The van der Waals surface area contributed by atoms with Crippen LogP contribution in [0.3, 0.4) is 0 Å². The second kappa shape index (κ2) is 7.69. The highest BCUT2D eigenvalue weighted by molar-refractivity contribution is 6.02. The number of hydrogen-bond acceptors (Lipinski definition) is 5. The Bertz CT molecular complexity index is 1030. The van der Waals surface area contributed by atoms with Gasteiger partial charge < -0.3 is 14.8 Å². The molecule has 0 saturated heterocycles. The molecule has 3 rings (SSSR count). The van der Waals surface area contributed by atoms with Crippen LogP contribution in [0, 0.1) is 5.82 Å². The molecule has 1 heterocycles. The molecule has 1 amide bonds. The maximum atomic E-state index is 13.5. The fourth-order valence-electron chi connectivity index (χ4n) is 2.40. The molecule has 0 fully saturated rings. The summed E-state index contributed by atoms with van der Waals surface area (Å²) in [6, 6.07) is 13.3. The topological polar surface area (TPSA) is 82.4 Å². The van der Waals surface area contributed by atoms with E-state index in [1.807, 2.05) is 0 Å². The van der Waals surface area contributed by atoms with Crippen molar-refractivity contribution in [2.45, 2.75) is 0 Å². The average Bonchev–Trinajstić information content (AvgIpc) is 2.68. The van der Waals surface area contributed by atoms with Crippen LogP contribution in [0.1, 0.15) is 10.5 Å². The smallest absolute Gasteiger partial charge is 0.280 e. The zero-order valence-electron chi connectivity index (χ0n) is 14.6. The highest BCUT2D eigenvalue weighted by atomic mass is 19.1. The highest BCUT2D eigenvalue weighted by Crippen LogP contribution is 2.18.